The minimum Gasteiger partial charge on any atom is -0.481 e. The van der Waals surface area contributed by atoms with Crippen LogP contribution in [-0.4, -0.2) is 16.8 Å². The Hall–Kier alpha value is -0.550. The van der Waals surface area contributed by atoms with E-state index in [9.17, 15) is 9.18 Å². The molecule has 0 aliphatic heterocycles. The normalized spacial score (nSPS) is 10.1. The quantitative estimate of drug-likeness (QED) is 0.860. The number of halogens is 2. The smallest absolute Gasteiger partial charge is 0.304 e. The zero-order chi connectivity index (χ0) is 10.6. The lowest BCUT2D eigenvalue weighted by Crippen LogP contribution is -1.95. The van der Waals surface area contributed by atoms with Crippen LogP contribution in [0.4, 0.5) is 4.39 Å². The molecule has 0 amide bonds. The monoisotopic (exact) mass is 278 g/mol. The molecule has 0 aliphatic carbocycles. The van der Waals surface area contributed by atoms with E-state index >= 15 is 0 Å². The van der Waals surface area contributed by atoms with Gasteiger partial charge in [0.05, 0.1) is 6.42 Å². The molecular weight excluding hydrogens is 271 g/mol. The number of carboxylic acid groups (broad SMARTS) is 1. The molecule has 0 fully saturated rings. The second-order valence-electron chi connectivity index (χ2n) is 2.57. The maximum Gasteiger partial charge on any atom is 0.304 e. The van der Waals surface area contributed by atoms with Gasteiger partial charge in [-0.1, -0.05) is 0 Å². The highest BCUT2D eigenvalue weighted by Crippen LogP contribution is 2.28. The Morgan fingerprint density at radius 2 is 2.29 bits per heavy atom. The number of aliphatic carboxylic acids is 1. The van der Waals surface area contributed by atoms with E-state index in [1.165, 1.54) is 23.9 Å². The molecule has 0 radical (unpaired) electrons. The average molecular weight is 279 g/mol. The molecule has 0 saturated carbocycles. The van der Waals surface area contributed by atoms with Crippen LogP contribution < -0.4 is 0 Å². The van der Waals surface area contributed by atoms with Crippen LogP contribution in [-0.2, 0) is 4.79 Å². The van der Waals surface area contributed by atoms with Crippen molar-refractivity contribution in [1.29, 1.82) is 0 Å². The molecule has 0 unspecified atom stereocenters. The van der Waals surface area contributed by atoms with Gasteiger partial charge in [-0.2, -0.15) is 0 Å². The van der Waals surface area contributed by atoms with Crippen LogP contribution in [0.1, 0.15) is 6.42 Å². The summed E-state index contributed by atoms with van der Waals surface area (Å²) in [4.78, 5) is 11.0. The molecule has 0 aromatic heterocycles. The number of rotatable bonds is 4. The molecule has 1 aromatic carbocycles. The lowest BCUT2D eigenvalue weighted by molar-refractivity contribution is -0.136. The highest BCUT2D eigenvalue weighted by molar-refractivity contribution is 9.10. The first kappa shape index (κ1) is 11.5. The molecule has 0 atom stereocenters. The first-order chi connectivity index (χ1) is 6.59. The Bertz CT molecular complexity index is 344. The predicted molar refractivity (Wildman–Crippen MR) is 57.1 cm³/mol. The summed E-state index contributed by atoms with van der Waals surface area (Å²) in [5.74, 6) is -0.715. The SMILES string of the molecule is O=C(O)CCSc1cc(F)ccc1Br. The van der Waals surface area contributed by atoms with E-state index < -0.39 is 5.97 Å². The molecule has 0 aliphatic rings. The van der Waals surface area contributed by atoms with Gasteiger partial charge in [-0.15, -0.1) is 11.8 Å². The number of benzene rings is 1. The summed E-state index contributed by atoms with van der Waals surface area (Å²) in [5.41, 5.74) is 0. The summed E-state index contributed by atoms with van der Waals surface area (Å²) in [6.45, 7) is 0. The standard InChI is InChI=1S/C9H8BrFO2S/c10-7-2-1-6(11)5-8(7)14-4-3-9(12)13/h1-2,5H,3-4H2,(H,12,13). The van der Waals surface area contributed by atoms with E-state index in [0.717, 1.165) is 9.37 Å². The van der Waals surface area contributed by atoms with Crippen LogP contribution in [0.25, 0.3) is 0 Å². The van der Waals surface area contributed by atoms with Crippen LogP contribution in [0, 0.1) is 5.82 Å². The van der Waals surface area contributed by atoms with Gasteiger partial charge < -0.3 is 5.11 Å². The van der Waals surface area contributed by atoms with Gasteiger partial charge >= 0.3 is 5.97 Å². The van der Waals surface area contributed by atoms with Gasteiger partial charge in [-0.25, -0.2) is 4.39 Å². The van der Waals surface area contributed by atoms with Crippen LogP contribution in [0.3, 0.4) is 0 Å². The predicted octanol–water partition coefficient (Wildman–Crippen LogP) is 3.16. The third kappa shape index (κ3) is 3.67. The van der Waals surface area contributed by atoms with E-state index in [-0.39, 0.29) is 12.2 Å². The lowest BCUT2D eigenvalue weighted by Gasteiger charge is -2.02. The van der Waals surface area contributed by atoms with Gasteiger partial charge in [0.25, 0.3) is 0 Å². The molecule has 1 aromatic rings. The number of thioether (sulfide) groups is 1. The van der Waals surface area contributed by atoms with Crippen LogP contribution in [0.15, 0.2) is 27.6 Å². The summed E-state index contributed by atoms with van der Waals surface area (Å²) in [6, 6.07) is 4.35. The number of carboxylic acids is 1. The Morgan fingerprint density at radius 1 is 1.57 bits per heavy atom. The fourth-order valence-corrected chi connectivity index (χ4v) is 2.32. The van der Waals surface area contributed by atoms with Gasteiger partial charge in [0, 0.05) is 15.1 Å². The molecular formula is C9H8BrFO2S. The highest BCUT2D eigenvalue weighted by Gasteiger charge is 2.03. The number of hydrogen-bond donors (Lipinski definition) is 1. The summed E-state index contributed by atoms with van der Waals surface area (Å²) in [7, 11) is 0. The molecule has 0 spiro atoms. The molecule has 14 heavy (non-hydrogen) atoms. The van der Waals surface area contributed by atoms with Gasteiger partial charge in [-0.3, -0.25) is 4.79 Å². The molecule has 2 nitrogen and oxygen atoms in total. The largest absolute Gasteiger partial charge is 0.481 e. The van der Waals surface area contributed by atoms with Crippen molar-refractivity contribution in [3.63, 3.8) is 0 Å². The molecule has 5 heteroatoms. The molecule has 1 N–H and O–H groups in total. The van der Waals surface area contributed by atoms with Gasteiger partial charge in [0.2, 0.25) is 0 Å². The van der Waals surface area contributed by atoms with E-state index in [1.807, 2.05) is 0 Å². The third-order valence-electron chi connectivity index (χ3n) is 1.47. The van der Waals surface area contributed by atoms with Crippen molar-refractivity contribution >= 4 is 33.7 Å². The summed E-state index contributed by atoms with van der Waals surface area (Å²) in [6.07, 6.45) is 0.0770. The van der Waals surface area contributed by atoms with Crippen molar-refractivity contribution < 1.29 is 14.3 Å². The first-order valence-corrected chi connectivity index (χ1v) is 5.67. The summed E-state index contributed by atoms with van der Waals surface area (Å²) < 4.78 is 13.6. The van der Waals surface area contributed by atoms with Crippen molar-refractivity contribution in [3.8, 4) is 0 Å². The van der Waals surface area contributed by atoms with E-state index in [4.69, 9.17) is 5.11 Å². The van der Waals surface area contributed by atoms with Gasteiger partial charge in [0.15, 0.2) is 0 Å². The number of carbonyl (C=O) groups is 1. The number of hydrogen-bond acceptors (Lipinski definition) is 2. The van der Waals surface area contributed by atoms with Crippen LogP contribution in [0.2, 0.25) is 0 Å². The minimum atomic E-state index is -0.843. The van der Waals surface area contributed by atoms with Crippen molar-refractivity contribution in [2.75, 3.05) is 5.75 Å². The van der Waals surface area contributed by atoms with Crippen molar-refractivity contribution in [2.45, 2.75) is 11.3 Å². The van der Waals surface area contributed by atoms with Crippen molar-refractivity contribution in [2.24, 2.45) is 0 Å². The maximum atomic E-state index is 12.8. The highest BCUT2D eigenvalue weighted by atomic mass is 79.9. The molecule has 76 valence electrons. The van der Waals surface area contributed by atoms with E-state index in [0.29, 0.717) is 5.75 Å². The molecule has 1 rings (SSSR count). The Morgan fingerprint density at radius 3 is 2.93 bits per heavy atom. The summed E-state index contributed by atoms with van der Waals surface area (Å²) >= 11 is 4.58. The van der Waals surface area contributed by atoms with Gasteiger partial charge in [-0.05, 0) is 34.1 Å². The average Bonchev–Trinajstić information content (AvgIpc) is 2.10. The minimum absolute atomic E-state index is 0.0770. The third-order valence-corrected chi connectivity index (χ3v) is 3.48. The first-order valence-electron chi connectivity index (χ1n) is 3.89. The second kappa shape index (κ2) is 5.36. The lowest BCUT2D eigenvalue weighted by atomic mass is 10.3. The Labute approximate surface area is 93.6 Å². The van der Waals surface area contributed by atoms with E-state index in [2.05, 4.69) is 15.9 Å². The summed E-state index contributed by atoms with van der Waals surface area (Å²) in [5, 5.41) is 8.42. The molecule has 0 saturated heterocycles. The topological polar surface area (TPSA) is 37.3 Å². The van der Waals surface area contributed by atoms with Crippen LogP contribution in [0.5, 0.6) is 0 Å². The zero-order valence-electron chi connectivity index (χ0n) is 7.17. The Balaban J connectivity index is 2.57. The van der Waals surface area contributed by atoms with Crippen molar-refractivity contribution in [1.82, 2.24) is 0 Å². The van der Waals surface area contributed by atoms with E-state index in [1.54, 1.807) is 6.07 Å². The van der Waals surface area contributed by atoms with Crippen LogP contribution >= 0.6 is 27.7 Å². The molecule has 0 bridgehead atoms. The second-order valence-corrected chi connectivity index (χ2v) is 4.56. The maximum absolute atomic E-state index is 12.8. The molecule has 0 heterocycles. The Kier molecular flexibility index (Phi) is 4.41. The van der Waals surface area contributed by atoms with Gasteiger partial charge in [0.1, 0.15) is 5.82 Å². The fourth-order valence-electron chi connectivity index (χ4n) is 0.836. The fraction of sp³-hybridized carbons (Fsp3) is 0.222. The van der Waals surface area contributed by atoms with Crippen molar-refractivity contribution in [3.05, 3.63) is 28.5 Å². The zero-order valence-corrected chi connectivity index (χ0v) is 9.57.